The summed E-state index contributed by atoms with van der Waals surface area (Å²) in [6, 6.07) is 18.6. The lowest BCUT2D eigenvalue weighted by Gasteiger charge is -2.28. The average molecular weight is 479 g/mol. The Balaban J connectivity index is 1.41. The number of halogens is 1. The van der Waals surface area contributed by atoms with E-state index in [1.807, 2.05) is 18.2 Å². The number of carboxylic acids is 1. The van der Waals surface area contributed by atoms with Crippen molar-refractivity contribution in [3.63, 3.8) is 0 Å². The highest BCUT2D eigenvalue weighted by Crippen LogP contribution is 2.48. The van der Waals surface area contributed by atoms with Gasteiger partial charge >= 0.3 is 5.97 Å². The van der Waals surface area contributed by atoms with Gasteiger partial charge in [0.15, 0.2) is 0 Å². The van der Waals surface area contributed by atoms with Crippen molar-refractivity contribution >= 4 is 17.6 Å². The van der Waals surface area contributed by atoms with Crippen LogP contribution in [0.5, 0.6) is 0 Å². The Hall–Kier alpha value is -2.63. The molecule has 34 heavy (non-hydrogen) atoms. The van der Waals surface area contributed by atoms with Crippen molar-refractivity contribution in [2.45, 2.75) is 51.0 Å². The molecule has 0 aliphatic heterocycles. The van der Waals surface area contributed by atoms with Crippen molar-refractivity contribution in [1.29, 1.82) is 0 Å². The second-order valence-electron chi connectivity index (χ2n) is 9.74. The van der Waals surface area contributed by atoms with Crippen LogP contribution in [0, 0.1) is 11.8 Å². The maximum atomic E-state index is 10.7. The van der Waals surface area contributed by atoms with E-state index in [4.69, 9.17) is 26.5 Å². The molecule has 0 unspecified atom stereocenters. The Labute approximate surface area is 205 Å². The van der Waals surface area contributed by atoms with Crippen LogP contribution in [0.3, 0.4) is 0 Å². The van der Waals surface area contributed by atoms with Crippen LogP contribution in [0.2, 0.25) is 5.02 Å². The largest absolute Gasteiger partial charge is 0.480 e. The molecule has 0 saturated heterocycles. The zero-order chi connectivity index (χ0) is 23.5. The van der Waals surface area contributed by atoms with Crippen LogP contribution in [-0.4, -0.2) is 34.1 Å². The first-order chi connectivity index (χ1) is 16.6. The lowest BCUT2D eigenvalue weighted by Crippen LogP contribution is -2.23. The molecule has 1 heterocycles. The second-order valence-corrected chi connectivity index (χ2v) is 10.2. The van der Waals surface area contributed by atoms with Gasteiger partial charge in [0.25, 0.3) is 0 Å². The highest BCUT2D eigenvalue weighted by molar-refractivity contribution is 6.30. The lowest BCUT2D eigenvalue weighted by atomic mass is 9.82. The smallest absolute Gasteiger partial charge is 0.329 e. The maximum Gasteiger partial charge on any atom is 0.329 e. The number of nitrogens with zero attached hydrogens (tertiary/aromatic N) is 2. The molecular weight excluding hydrogens is 448 g/mol. The van der Waals surface area contributed by atoms with Gasteiger partial charge in [-0.25, -0.2) is 4.79 Å². The fraction of sp³-hybridized carbons (Fsp3) is 0.429. The van der Waals surface area contributed by atoms with Crippen LogP contribution in [0.15, 0.2) is 54.6 Å². The van der Waals surface area contributed by atoms with E-state index in [-0.39, 0.29) is 6.61 Å². The van der Waals surface area contributed by atoms with E-state index in [2.05, 4.69) is 41.1 Å². The summed E-state index contributed by atoms with van der Waals surface area (Å²) in [7, 11) is 0. The van der Waals surface area contributed by atoms with Crippen LogP contribution in [0.1, 0.15) is 50.1 Å². The fourth-order valence-corrected chi connectivity index (χ4v) is 5.44. The van der Waals surface area contributed by atoms with Gasteiger partial charge in [0, 0.05) is 34.3 Å². The molecule has 0 amide bonds. The van der Waals surface area contributed by atoms with E-state index in [0.29, 0.717) is 24.4 Å². The topological polar surface area (TPSA) is 64.3 Å². The predicted octanol–water partition coefficient (Wildman–Crippen LogP) is 6.66. The molecule has 1 aromatic heterocycles. The first kappa shape index (κ1) is 23.1. The van der Waals surface area contributed by atoms with Gasteiger partial charge < -0.3 is 9.84 Å². The molecule has 2 saturated carbocycles. The maximum absolute atomic E-state index is 10.7. The van der Waals surface area contributed by atoms with E-state index >= 15 is 0 Å². The van der Waals surface area contributed by atoms with Gasteiger partial charge in [-0.05, 0) is 68.1 Å². The molecule has 1 N–H and O–H groups in total. The summed E-state index contributed by atoms with van der Waals surface area (Å²) in [5.74, 6) is 0.686. The van der Waals surface area contributed by atoms with E-state index in [1.54, 1.807) is 0 Å². The number of carboxylic acid groups (broad SMARTS) is 1. The predicted molar refractivity (Wildman–Crippen MR) is 134 cm³/mol. The van der Waals surface area contributed by atoms with Gasteiger partial charge in [-0.3, -0.25) is 4.68 Å². The van der Waals surface area contributed by atoms with Crippen molar-refractivity contribution in [1.82, 2.24) is 9.78 Å². The number of hydrogen-bond donors (Lipinski definition) is 1. The van der Waals surface area contributed by atoms with Gasteiger partial charge in [0.2, 0.25) is 0 Å². The van der Waals surface area contributed by atoms with Gasteiger partial charge in [-0.2, -0.15) is 5.10 Å². The van der Waals surface area contributed by atoms with E-state index in [9.17, 15) is 4.79 Å². The molecule has 3 aromatic rings. The summed E-state index contributed by atoms with van der Waals surface area (Å²) >= 11 is 6.40. The number of carbonyl (C=O) groups is 1. The number of ether oxygens (including phenoxy) is 1. The Morgan fingerprint density at radius 3 is 2.35 bits per heavy atom. The molecule has 5 rings (SSSR count). The van der Waals surface area contributed by atoms with Crippen LogP contribution in [-0.2, 0) is 16.1 Å². The SMILES string of the molecule is O=C(O)COC[C@H]1CC[C@@H](Cn2nc(-c3ccccc3)c(-c3cccc(Cl)c3)c2C2CC2)CC1. The molecule has 6 heteroatoms. The molecule has 2 aliphatic rings. The first-order valence-corrected chi connectivity index (χ1v) is 12.7. The summed E-state index contributed by atoms with van der Waals surface area (Å²) in [5.41, 5.74) is 5.90. The van der Waals surface area contributed by atoms with Crippen LogP contribution >= 0.6 is 11.6 Å². The summed E-state index contributed by atoms with van der Waals surface area (Å²) < 4.78 is 7.64. The molecule has 0 spiro atoms. The minimum atomic E-state index is -0.898. The monoisotopic (exact) mass is 478 g/mol. The zero-order valence-electron chi connectivity index (χ0n) is 19.3. The van der Waals surface area contributed by atoms with Crippen LogP contribution in [0.25, 0.3) is 22.4 Å². The third-order valence-electron chi connectivity index (χ3n) is 7.09. The third kappa shape index (κ3) is 5.37. The third-order valence-corrected chi connectivity index (χ3v) is 7.33. The molecule has 2 aliphatic carbocycles. The molecule has 5 nitrogen and oxygen atoms in total. The molecule has 2 aromatic carbocycles. The number of rotatable bonds is 9. The number of hydrogen-bond acceptors (Lipinski definition) is 3. The Morgan fingerprint density at radius 1 is 0.971 bits per heavy atom. The number of aromatic nitrogens is 2. The first-order valence-electron chi connectivity index (χ1n) is 12.3. The van der Waals surface area contributed by atoms with Gasteiger partial charge in [-0.1, -0.05) is 54.1 Å². The van der Waals surface area contributed by atoms with Crippen molar-refractivity contribution in [2.24, 2.45) is 11.8 Å². The van der Waals surface area contributed by atoms with Crippen molar-refractivity contribution in [3.05, 3.63) is 65.3 Å². The molecule has 0 radical (unpaired) electrons. The van der Waals surface area contributed by atoms with Gasteiger partial charge in [0.05, 0.1) is 6.61 Å². The highest BCUT2D eigenvalue weighted by Gasteiger charge is 2.34. The Bertz CT molecular complexity index is 1130. The fourth-order valence-electron chi connectivity index (χ4n) is 5.25. The standard InChI is InChI=1S/C28H31ClN2O3/c29-24-8-4-7-23(15-24)26-27(21-5-2-1-3-6-21)30-31(28(26)22-13-14-22)16-19-9-11-20(12-10-19)17-34-18-25(32)33/h1-8,15,19-20,22H,9-14,16-18H2,(H,32,33)/t19-,20+. The minimum Gasteiger partial charge on any atom is -0.480 e. The summed E-state index contributed by atoms with van der Waals surface area (Å²) in [6.45, 7) is 1.27. The molecule has 178 valence electrons. The van der Waals surface area contributed by atoms with Crippen molar-refractivity contribution < 1.29 is 14.6 Å². The van der Waals surface area contributed by atoms with Gasteiger partial charge in [0.1, 0.15) is 12.3 Å². The molecule has 0 bridgehead atoms. The molecule has 2 fully saturated rings. The van der Waals surface area contributed by atoms with Crippen LogP contribution < -0.4 is 0 Å². The average Bonchev–Trinajstić information content (AvgIpc) is 3.61. The Kier molecular flexibility index (Phi) is 7.02. The van der Waals surface area contributed by atoms with E-state index < -0.39 is 5.97 Å². The normalized spacial score (nSPS) is 20.4. The lowest BCUT2D eigenvalue weighted by molar-refractivity contribution is -0.142. The molecular formula is C28H31ClN2O3. The van der Waals surface area contributed by atoms with Gasteiger partial charge in [-0.15, -0.1) is 0 Å². The second kappa shape index (κ2) is 10.3. The summed E-state index contributed by atoms with van der Waals surface area (Å²) in [6.07, 6.45) is 6.83. The molecule has 0 atom stereocenters. The quantitative estimate of drug-likeness (QED) is 0.373. The van der Waals surface area contributed by atoms with Crippen LogP contribution in [0.4, 0.5) is 0 Å². The Morgan fingerprint density at radius 2 is 1.68 bits per heavy atom. The number of aliphatic carboxylic acids is 1. The zero-order valence-corrected chi connectivity index (χ0v) is 20.1. The van der Waals surface area contributed by atoms with Crippen molar-refractivity contribution in [2.75, 3.05) is 13.2 Å². The van der Waals surface area contributed by atoms with Crippen molar-refractivity contribution in [3.8, 4) is 22.4 Å². The minimum absolute atomic E-state index is 0.202. The number of benzene rings is 2. The summed E-state index contributed by atoms with van der Waals surface area (Å²) in [5, 5.41) is 14.7. The highest BCUT2D eigenvalue weighted by atomic mass is 35.5. The summed E-state index contributed by atoms with van der Waals surface area (Å²) in [4.78, 5) is 10.7. The van der Waals surface area contributed by atoms with E-state index in [0.717, 1.165) is 54.1 Å². The van der Waals surface area contributed by atoms with E-state index in [1.165, 1.54) is 24.1 Å².